The minimum absolute atomic E-state index is 0.0129. The third-order valence-electron chi connectivity index (χ3n) is 1.70. The molecule has 0 amide bonds. The zero-order chi connectivity index (χ0) is 8.15. The van der Waals surface area contributed by atoms with Crippen LogP contribution < -0.4 is 5.73 Å². The monoisotopic (exact) mass is 145 g/mol. The molecule has 2 atom stereocenters. The van der Waals surface area contributed by atoms with E-state index in [4.69, 9.17) is 10.8 Å². The zero-order valence-electron chi connectivity index (χ0n) is 6.50. The summed E-state index contributed by atoms with van der Waals surface area (Å²) < 4.78 is 0. The Morgan fingerprint density at radius 2 is 2.20 bits per heavy atom. The van der Waals surface area contributed by atoms with Crippen molar-refractivity contribution in [2.75, 3.05) is 0 Å². The van der Waals surface area contributed by atoms with Crippen molar-refractivity contribution >= 4 is 5.97 Å². The first-order valence-corrected chi connectivity index (χ1v) is 3.55. The molecular weight excluding hydrogens is 130 g/mol. The maximum atomic E-state index is 10.2. The highest BCUT2D eigenvalue weighted by molar-refractivity contribution is 5.67. The Labute approximate surface area is 61.2 Å². The lowest BCUT2D eigenvalue weighted by atomic mass is 9.96. The molecule has 0 aromatic carbocycles. The first-order chi connectivity index (χ1) is 4.57. The van der Waals surface area contributed by atoms with Gasteiger partial charge in [-0.2, -0.15) is 0 Å². The van der Waals surface area contributed by atoms with E-state index in [1.54, 1.807) is 0 Å². The molecule has 0 aliphatic carbocycles. The van der Waals surface area contributed by atoms with Crippen molar-refractivity contribution in [1.82, 2.24) is 0 Å². The molecule has 0 bridgehead atoms. The number of aliphatic carboxylic acids is 1. The molecule has 0 saturated heterocycles. The third-order valence-corrected chi connectivity index (χ3v) is 1.70. The molecule has 0 aromatic heterocycles. The van der Waals surface area contributed by atoms with E-state index < -0.39 is 5.97 Å². The van der Waals surface area contributed by atoms with Crippen molar-refractivity contribution in [3.05, 3.63) is 0 Å². The Morgan fingerprint density at radius 1 is 1.70 bits per heavy atom. The lowest BCUT2D eigenvalue weighted by Gasteiger charge is -2.15. The highest BCUT2D eigenvalue weighted by Gasteiger charge is 2.14. The van der Waals surface area contributed by atoms with Crippen LogP contribution in [0.3, 0.4) is 0 Å². The van der Waals surface area contributed by atoms with Gasteiger partial charge in [0.1, 0.15) is 0 Å². The van der Waals surface area contributed by atoms with Gasteiger partial charge in [0.05, 0.1) is 0 Å². The molecule has 0 aromatic rings. The summed E-state index contributed by atoms with van der Waals surface area (Å²) in [6, 6.07) is -0.0129. The van der Waals surface area contributed by atoms with Crippen molar-refractivity contribution in [2.45, 2.75) is 32.7 Å². The molecule has 10 heavy (non-hydrogen) atoms. The van der Waals surface area contributed by atoms with E-state index in [1.165, 1.54) is 0 Å². The van der Waals surface area contributed by atoms with Gasteiger partial charge in [-0.15, -0.1) is 0 Å². The smallest absolute Gasteiger partial charge is 0.303 e. The van der Waals surface area contributed by atoms with Crippen molar-refractivity contribution < 1.29 is 9.90 Å². The molecule has 0 fully saturated rings. The Kier molecular flexibility index (Phi) is 4.03. The summed E-state index contributed by atoms with van der Waals surface area (Å²) >= 11 is 0. The van der Waals surface area contributed by atoms with Gasteiger partial charge >= 0.3 is 5.97 Å². The van der Waals surface area contributed by atoms with Crippen LogP contribution in [-0.4, -0.2) is 17.1 Å². The van der Waals surface area contributed by atoms with E-state index in [1.807, 2.05) is 13.8 Å². The predicted molar refractivity (Wildman–Crippen MR) is 39.7 cm³/mol. The summed E-state index contributed by atoms with van der Waals surface area (Å²) in [6.45, 7) is 3.80. The topological polar surface area (TPSA) is 63.3 Å². The summed E-state index contributed by atoms with van der Waals surface area (Å²) in [6.07, 6.45) is 1.03. The molecule has 3 heteroatoms. The number of carboxylic acid groups (broad SMARTS) is 1. The first kappa shape index (κ1) is 9.43. The van der Waals surface area contributed by atoms with E-state index in [2.05, 4.69) is 0 Å². The van der Waals surface area contributed by atoms with Crippen LogP contribution in [0, 0.1) is 5.92 Å². The number of carbonyl (C=O) groups is 1. The number of hydrogen-bond donors (Lipinski definition) is 2. The van der Waals surface area contributed by atoms with E-state index >= 15 is 0 Å². The lowest BCUT2D eigenvalue weighted by molar-refractivity contribution is -0.138. The Morgan fingerprint density at radius 3 is 2.30 bits per heavy atom. The lowest BCUT2D eigenvalue weighted by Crippen LogP contribution is -2.27. The summed E-state index contributed by atoms with van der Waals surface area (Å²) in [4.78, 5) is 10.2. The largest absolute Gasteiger partial charge is 0.481 e. The van der Waals surface area contributed by atoms with Crippen molar-refractivity contribution in [3.8, 4) is 0 Å². The maximum Gasteiger partial charge on any atom is 0.303 e. The van der Waals surface area contributed by atoms with Gasteiger partial charge < -0.3 is 10.8 Å². The van der Waals surface area contributed by atoms with Crippen molar-refractivity contribution in [1.29, 1.82) is 0 Å². The van der Waals surface area contributed by atoms with E-state index in [0.29, 0.717) is 0 Å². The van der Waals surface area contributed by atoms with Crippen LogP contribution in [0.5, 0.6) is 0 Å². The molecule has 0 heterocycles. The van der Waals surface area contributed by atoms with Gasteiger partial charge in [0.15, 0.2) is 0 Å². The highest BCUT2D eigenvalue weighted by Crippen LogP contribution is 2.10. The highest BCUT2D eigenvalue weighted by atomic mass is 16.4. The number of carboxylic acids is 1. The first-order valence-electron chi connectivity index (χ1n) is 3.55. The number of hydrogen-bond acceptors (Lipinski definition) is 2. The van der Waals surface area contributed by atoms with Crippen molar-refractivity contribution in [2.24, 2.45) is 11.7 Å². The second-order valence-electron chi connectivity index (χ2n) is 2.63. The molecule has 3 N–H and O–H groups in total. The quantitative estimate of drug-likeness (QED) is 0.616. The molecule has 0 radical (unpaired) electrons. The maximum absolute atomic E-state index is 10.2. The van der Waals surface area contributed by atoms with Crippen LogP contribution in [0.4, 0.5) is 0 Å². The van der Waals surface area contributed by atoms with E-state index in [9.17, 15) is 4.79 Å². The van der Waals surface area contributed by atoms with Crippen LogP contribution in [0.1, 0.15) is 26.7 Å². The third kappa shape index (κ3) is 3.45. The fourth-order valence-corrected chi connectivity index (χ4v) is 0.926. The van der Waals surface area contributed by atoms with Gasteiger partial charge in [0, 0.05) is 12.5 Å². The molecule has 0 unspecified atom stereocenters. The van der Waals surface area contributed by atoms with Crippen LogP contribution >= 0.6 is 0 Å². The van der Waals surface area contributed by atoms with Crippen molar-refractivity contribution in [3.63, 3.8) is 0 Å². The molecule has 60 valence electrons. The predicted octanol–water partition coefficient (Wildman–Crippen LogP) is 0.835. The SMILES string of the molecule is CC[C@@H](CC(=O)O)[C@@H](C)N. The summed E-state index contributed by atoms with van der Waals surface area (Å²) in [5, 5.41) is 8.41. The van der Waals surface area contributed by atoms with E-state index in [0.717, 1.165) is 6.42 Å². The fourth-order valence-electron chi connectivity index (χ4n) is 0.926. The van der Waals surface area contributed by atoms with Gasteiger partial charge in [-0.3, -0.25) is 4.79 Å². The fraction of sp³-hybridized carbons (Fsp3) is 0.857. The normalized spacial score (nSPS) is 16.3. The second-order valence-corrected chi connectivity index (χ2v) is 2.63. The van der Waals surface area contributed by atoms with Gasteiger partial charge in [-0.1, -0.05) is 13.3 Å². The Bertz CT molecular complexity index is 112. The number of nitrogens with two attached hydrogens (primary N) is 1. The average Bonchev–Trinajstić information content (AvgIpc) is 1.81. The molecule has 3 nitrogen and oxygen atoms in total. The summed E-state index contributed by atoms with van der Waals surface area (Å²) in [5.41, 5.74) is 5.53. The molecule has 0 saturated carbocycles. The van der Waals surface area contributed by atoms with Crippen LogP contribution in [0.15, 0.2) is 0 Å². The van der Waals surface area contributed by atoms with Crippen LogP contribution in [0.2, 0.25) is 0 Å². The van der Waals surface area contributed by atoms with Gasteiger partial charge in [-0.25, -0.2) is 0 Å². The Hall–Kier alpha value is -0.570. The number of rotatable bonds is 4. The van der Waals surface area contributed by atoms with Crippen LogP contribution in [-0.2, 0) is 4.79 Å². The second kappa shape index (κ2) is 4.28. The van der Waals surface area contributed by atoms with Crippen LogP contribution in [0.25, 0.3) is 0 Å². The average molecular weight is 145 g/mol. The molecule has 0 aliphatic rings. The minimum atomic E-state index is -0.760. The molecule has 0 spiro atoms. The molecule has 0 aliphatic heterocycles. The van der Waals surface area contributed by atoms with Gasteiger partial charge in [0.2, 0.25) is 0 Å². The summed E-state index contributed by atoms with van der Waals surface area (Å²) in [7, 11) is 0. The molecule has 0 rings (SSSR count). The summed E-state index contributed by atoms with van der Waals surface area (Å²) in [5.74, 6) is -0.637. The minimum Gasteiger partial charge on any atom is -0.481 e. The van der Waals surface area contributed by atoms with E-state index in [-0.39, 0.29) is 18.4 Å². The molecular formula is C7H15NO2. The van der Waals surface area contributed by atoms with Gasteiger partial charge in [-0.05, 0) is 12.8 Å². The standard InChI is InChI=1S/C7H15NO2/c1-3-6(5(2)8)4-7(9)10/h5-6H,3-4,8H2,1-2H3,(H,9,10)/t5-,6+/m1/s1. The van der Waals surface area contributed by atoms with Gasteiger partial charge in [0.25, 0.3) is 0 Å². The Balaban J connectivity index is 3.71. The zero-order valence-corrected chi connectivity index (χ0v) is 6.50.